The van der Waals surface area contributed by atoms with Gasteiger partial charge < -0.3 is 21.7 Å². The molecular weight excluding hydrogens is 296 g/mol. The van der Waals surface area contributed by atoms with Crippen LogP contribution in [0.2, 0.25) is 0 Å². The zero-order valence-electron chi connectivity index (χ0n) is 13.5. The van der Waals surface area contributed by atoms with Gasteiger partial charge in [0.15, 0.2) is 11.5 Å². The Morgan fingerprint density at radius 3 is 2.43 bits per heavy atom. The number of carbonyl (C=O) groups excluding carboxylic acids is 2. The van der Waals surface area contributed by atoms with Crippen molar-refractivity contribution in [3.63, 3.8) is 0 Å². The molecule has 23 heavy (non-hydrogen) atoms. The molecule has 2 unspecified atom stereocenters. The van der Waals surface area contributed by atoms with Gasteiger partial charge in [-0.3, -0.25) is 9.59 Å². The Labute approximate surface area is 135 Å². The molecule has 8 heteroatoms. The molecule has 0 radical (unpaired) electrons. The van der Waals surface area contributed by atoms with E-state index < -0.39 is 6.04 Å². The number of rotatable bonds is 4. The van der Waals surface area contributed by atoms with E-state index >= 15 is 0 Å². The topological polar surface area (TPSA) is 127 Å². The summed E-state index contributed by atoms with van der Waals surface area (Å²) in [7, 11) is 0. The van der Waals surface area contributed by atoms with Crippen LogP contribution in [0.25, 0.3) is 0 Å². The number of amides is 2. The molecule has 126 valence electrons. The Hall–Kier alpha value is -2.22. The molecule has 0 spiro atoms. The molecular formula is C15H24N6O2. The molecule has 2 amide bonds. The summed E-state index contributed by atoms with van der Waals surface area (Å²) in [6.07, 6.45) is 4.54. The van der Waals surface area contributed by atoms with Crippen LogP contribution in [0.1, 0.15) is 37.2 Å². The third-order valence-electron chi connectivity index (χ3n) is 4.25. The van der Waals surface area contributed by atoms with Crippen LogP contribution >= 0.6 is 0 Å². The van der Waals surface area contributed by atoms with Crippen molar-refractivity contribution in [3.05, 3.63) is 18.1 Å². The molecule has 5 N–H and O–H groups in total. The minimum absolute atomic E-state index is 0.0209. The molecule has 2 rings (SSSR count). The second-order valence-corrected chi connectivity index (χ2v) is 6.00. The molecule has 1 saturated heterocycles. The van der Waals surface area contributed by atoms with Crippen LogP contribution < -0.4 is 16.8 Å². The molecule has 0 aromatic carbocycles. The highest BCUT2D eigenvalue weighted by Crippen LogP contribution is 2.21. The van der Waals surface area contributed by atoms with Gasteiger partial charge in [-0.25, -0.2) is 9.97 Å². The first kappa shape index (κ1) is 17.1. The molecule has 1 aliphatic heterocycles. The quantitative estimate of drug-likeness (QED) is 0.703. The number of hydrogen-bond donors (Lipinski definition) is 3. The maximum atomic E-state index is 12.2. The summed E-state index contributed by atoms with van der Waals surface area (Å²) in [5.41, 5.74) is 11.4. The Bertz CT molecular complexity index is 569. The van der Waals surface area contributed by atoms with Crippen molar-refractivity contribution in [2.24, 2.45) is 11.7 Å². The van der Waals surface area contributed by atoms with Gasteiger partial charge in [-0.15, -0.1) is 0 Å². The van der Waals surface area contributed by atoms with Crippen LogP contribution in [0.15, 0.2) is 12.4 Å². The molecule has 0 aliphatic carbocycles. The second kappa shape index (κ2) is 7.36. The molecule has 1 aromatic heterocycles. The van der Waals surface area contributed by atoms with Crippen LogP contribution in [0, 0.1) is 5.92 Å². The van der Waals surface area contributed by atoms with E-state index in [2.05, 4.69) is 15.3 Å². The fourth-order valence-corrected chi connectivity index (χ4v) is 2.82. The summed E-state index contributed by atoms with van der Waals surface area (Å²) >= 11 is 0. The number of nitrogens with one attached hydrogen (secondary N) is 1. The first-order valence-electron chi connectivity index (χ1n) is 7.82. The molecule has 2 heterocycles. The van der Waals surface area contributed by atoms with Crippen molar-refractivity contribution < 1.29 is 9.59 Å². The van der Waals surface area contributed by atoms with E-state index in [-0.39, 0.29) is 29.4 Å². The van der Waals surface area contributed by atoms with E-state index in [0.29, 0.717) is 19.0 Å². The first-order chi connectivity index (χ1) is 10.9. The van der Waals surface area contributed by atoms with Crippen LogP contribution in [0.5, 0.6) is 0 Å². The maximum Gasteiger partial charge on any atom is 0.273 e. The summed E-state index contributed by atoms with van der Waals surface area (Å²) in [5.74, 6) is 0.0770. The zero-order valence-corrected chi connectivity index (χ0v) is 13.5. The summed E-state index contributed by atoms with van der Waals surface area (Å²) in [5, 5.41) is 2.92. The van der Waals surface area contributed by atoms with Crippen molar-refractivity contribution in [2.45, 2.75) is 38.8 Å². The number of nitrogen functional groups attached to an aromatic ring is 1. The Kier molecular flexibility index (Phi) is 5.49. The smallest absolute Gasteiger partial charge is 0.273 e. The van der Waals surface area contributed by atoms with Crippen LogP contribution in [-0.4, -0.2) is 51.9 Å². The van der Waals surface area contributed by atoms with E-state index in [4.69, 9.17) is 11.5 Å². The van der Waals surface area contributed by atoms with E-state index in [1.165, 1.54) is 12.4 Å². The number of nitrogens with two attached hydrogens (primary N) is 2. The second-order valence-electron chi connectivity index (χ2n) is 6.00. The monoisotopic (exact) mass is 320 g/mol. The number of anilines is 1. The van der Waals surface area contributed by atoms with Gasteiger partial charge in [-0.05, 0) is 32.6 Å². The van der Waals surface area contributed by atoms with Crippen molar-refractivity contribution in [3.8, 4) is 0 Å². The predicted octanol–water partition coefficient (Wildman–Crippen LogP) is -0.237. The van der Waals surface area contributed by atoms with Crippen molar-refractivity contribution in [1.82, 2.24) is 20.2 Å². The number of hydrogen-bond acceptors (Lipinski definition) is 6. The molecule has 1 fully saturated rings. The molecule has 8 nitrogen and oxygen atoms in total. The number of aromatic nitrogens is 2. The highest BCUT2D eigenvalue weighted by molar-refractivity contribution is 5.96. The summed E-state index contributed by atoms with van der Waals surface area (Å²) in [4.78, 5) is 33.7. The van der Waals surface area contributed by atoms with Crippen LogP contribution in [-0.2, 0) is 4.79 Å². The minimum atomic E-state index is -0.469. The van der Waals surface area contributed by atoms with Gasteiger partial charge in [0.05, 0.1) is 6.04 Å². The average molecular weight is 320 g/mol. The predicted molar refractivity (Wildman–Crippen MR) is 86.3 cm³/mol. The third kappa shape index (κ3) is 4.16. The van der Waals surface area contributed by atoms with Crippen LogP contribution in [0.3, 0.4) is 0 Å². The Balaban J connectivity index is 1.88. The van der Waals surface area contributed by atoms with Gasteiger partial charge in [0, 0.05) is 31.5 Å². The summed E-state index contributed by atoms with van der Waals surface area (Å²) < 4.78 is 0. The lowest BCUT2D eigenvalue weighted by molar-refractivity contribution is -0.133. The fourth-order valence-electron chi connectivity index (χ4n) is 2.82. The molecule has 2 atom stereocenters. The first-order valence-corrected chi connectivity index (χ1v) is 7.82. The van der Waals surface area contributed by atoms with Gasteiger partial charge in [-0.2, -0.15) is 0 Å². The number of carbonyl (C=O) groups is 2. The molecule has 1 aromatic rings. The van der Waals surface area contributed by atoms with Crippen molar-refractivity contribution in [2.75, 3.05) is 18.8 Å². The summed E-state index contributed by atoms with van der Waals surface area (Å²) in [6.45, 7) is 4.98. The van der Waals surface area contributed by atoms with Crippen molar-refractivity contribution in [1.29, 1.82) is 0 Å². The SMILES string of the molecule is CC(N)C(=O)N1CCC(C(C)NC(=O)c2nccnc2N)CC1. The van der Waals surface area contributed by atoms with Gasteiger partial charge in [-0.1, -0.05) is 0 Å². The lowest BCUT2D eigenvalue weighted by atomic mass is 9.90. The minimum Gasteiger partial charge on any atom is -0.382 e. The van der Waals surface area contributed by atoms with Gasteiger partial charge >= 0.3 is 0 Å². The maximum absolute atomic E-state index is 12.2. The number of piperidine rings is 1. The largest absolute Gasteiger partial charge is 0.382 e. The lowest BCUT2D eigenvalue weighted by Crippen LogP contribution is -2.49. The van der Waals surface area contributed by atoms with E-state index in [0.717, 1.165) is 12.8 Å². The Morgan fingerprint density at radius 2 is 1.87 bits per heavy atom. The van der Waals surface area contributed by atoms with Gasteiger partial charge in [0.25, 0.3) is 5.91 Å². The highest BCUT2D eigenvalue weighted by atomic mass is 16.2. The van der Waals surface area contributed by atoms with Crippen LogP contribution in [0.4, 0.5) is 5.82 Å². The van der Waals surface area contributed by atoms with E-state index in [9.17, 15) is 9.59 Å². The average Bonchev–Trinajstić information content (AvgIpc) is 2.54. The van der Waals surface area contributed by atoms with Crippen molar-refractivity contribution >= 4 is 17.6 Å². The van der Waals surface area contributed by atoms with E-state index in [1.807, 2.05) is 6.92 Å². The standard InChI is InChI=1S/C15H24N6O2/c1-9(16)15(23)21-7-3-11(4-8-21)10(2)20-14(22)12-13(17)19-6-5-18-12/h5-6,9-11H,3-4,7-8,16H2,1-2H3,(H2,17,19)(H,20,22). The van der Waals surface area contributed by atoms with Gasteiger partial charge in [0.2, 0.25) is 5.91 Å². The summed E-state index contributed by atoms with van der Waals surface area (Å²) in [6, 6.07) is -0.500. The molecule has 1 aliphatic rings. The normalized spacial score (nSPS) is 18.3. The Morgan fingerprint density at radius 1 is 1.26 bits per heavy atom. The number of nitrogens with zero attached hydrogens (tertiary/aromatic N) is 3. The van der Waals surface area contributed by atoms with Gasteiger partial charge in [0.1, 0.15) is 0 Å². The molecule has 0 saturated carbocycles. The third-order valence-corrected chi connectivity index (χ3v) is 4.25. The fraction of sp³-hybridized carbons (Fsp3) is 0.600. The number of likely N-dealkylation sites (tertiary alicyclic amines) is 1. The molecule has 0 bridgehead atoms. The highest BCUT2D eigenvalue weighted by Gasteiger charge is 2.28. The zero-order chi connectivity index (χ0) is 17.0. The lowest BCUT2D eigenvalue weighted by Gasteiger charge is -2.35. The van der Waals surface area contributed by atoms with E-state index in [1.54, 1.807) is 11.8 Å².